The second-order valence-corrected chi connectivity index (χ2v) is 11.4. The van der Waals surface area contributed by atoms with Crippen molar-refractivity contribution >= 4 is 45.5 Å². The summed E-state index contributed by atoms with van der Waals surface area (Å²) >= 11 is 0.949. The number of amides is 1. The number of carbonyl (C=O) groups is 3. The Hall–Kier alpha value is -4.71. The first-order chi connectivity index (χ1) is 21.7. The van der Waals surface area contributed by atoms with Gasteiger partial charge in [-0.05, 0) is 63.9 Å². The average molecular weight is 633 g/mol. The second kappa shape index (κ2) is 13.5. The predicted molar refractivity (Wildman–Crippen MR) is 170 cm³/mol. The van der Waals surface area contributed by atoms with Crippen LogP contribution in [0.15, 0.2) is 48.2 Å². The number of esters is 1. The molecular formula is C33H36N4O7S. The number of carbonyl (C=O) groups excluding carboxylic acids is 3. The Morgan fingerprint density at radius 3 is 2.51 bits per heavy atom. The molecule has 4 heterocycles. The SMILES string of the molecule is CCCCCOc1ccc(C2/C(=C(\O)c3c(C)nc4ccccn34)C(=O)C(=O)N2c2nc(C)c(C(=O)OCC)s2)cc1OCC. The molecule has 4 aromatic rings. The van der Waals surface area contributed by atoms with E-state index in [1.807, 2.05) is 13.0 Å². The normalized spacial score (nSPS) is 16.0. The Morgan fingerprint density at radius 2 is 1.78 bits per heavy atom. The average Bonchev–Trinajstić information content (AvgIpc) is 3.65. The van der Waals surface area contributed by atoms with Crippen LogP contribution < -0.4 is 14.4 Å². The summed E-state index contributed by atoms with van der Waals surface area (Å²) in [5.41, 5.74) is 2.04. The summed E-state index contributed by atoms with van der Waals surface area (Å²) in [6, 6.07) is 9.46. The number of nitrogens with zero attached hydrogens (tertiary/aromatic N) is 4. The molecule has 12 heteroatoms. The highest BCUT2D eigenvalue weighted by atomic mass is 32.1. The fourth-order valence-electron chi connectivity index (χ4n) is 5.36. The number of hydrogen-bond donors (Lipinski definition) is 1. The van der Waals surface area contributed by atoms with Crippen LogP contribution in [0.2, 0.25) is 0 Å². The van der Waals surface area contributed by atoms with Crippen molar-refractivity contribution in [2.75, 3.05) is 24.7 Å². The van der Waals surface area contributed by atoms with E-state index in [1.165, 1.54) is 4.90 Å². The van der Waals surface area contributed by atoms with Crippen LogP contribution in [0.25, 0.3) is 11.4 Å². The van der Waals surface area contributed by atoms with E-state index in [0.29, 0.717) is 47.3 Å². The number of ether oxygens (including phenoxy) is 3. The van der Waals surface area contributed by atoms with Crippen molar-refractivity contribution in [3.63, 3.8) is 0 Å². The summed E-state index contributed by atoms with van der Waals surface area (Å²) < 4.78 is 18.8. The van der Waals surface area contributed by atoms with Crippen LogP contribution >= 0.6 is 11.3 Å². The highest BCUT2D eigenvalue weighted by Gasteiger charge is 2.49. The summed E-state index contributed by atoms with van der Waals surface area (Å²) in [5, 5.41) is 12.0. The number of aliphatic hydroxyl groups is 1. The van der Waals surface area contributed by atoms with Crippen molar-refractivity contribution < 1.29 is 33.7 Å². The minimum atomic E-state index is -1.10. The highest BCUT2D eigenvalue weighted by Crippen LogP contribution is 2.46. The third-order valence-corrected chi connectivity index (χ3v) is 8.55. The monoisotopic (exact) mass is 632 g/mol. The van der Waals surface area contributed by atoms with E-state index in [1.54, 1.807) is 61.7 Å². The van der Waals surface area contributed by atoms with Gasteiger partial charge in [-0.15, -0.1) is 0 Å². The number of anilines is 1. The van der Waals surface area contributed by atoms with Gasteiger partial charge in [-0.25, -0.2) is 14.8 Å². The predicted octanol–water partition coefficient (Wildman–Crippen LogP) is 6.18. The van der Waals surface area contributed by atoms with Gasteiger partial charge in [0.05, 0.1) is 42.8 Å². The number of unbranched alkanes of at least 4 members (excludes halogenated alkanes) is 2. The Bertz CT molecular complexity index is 1790. The molecular weight excluding hydrogens is 596 g/mol. The van der Waals surface area contributed by atoms with Crippen molar-refractivity contribution in [2.45, 2.75) is 59.9 Å². The molecule has 11 nitrogen and oxygen atoms in total. The van der Waals surface area contributed by atoms with Gasteiger partial charge >= 0.3 is 11.9 Å². The summed E-state index contributed by atoms with van der Waals surface area (Å²) in [5.74, 6) is -1.78. The number of rotatable bonds is 12. The lowest BCUT2D eigenvalue weighted by Gasteiger charge is -2.24. The van der Waals surface area contributed by atoms with Crippen LogP contribution in [0.1, 0.15) is 78.4 Å². The molecule has 1 aromatic carbocycles. The van der Waals surface area contributed by atoms with Gasteiger partial charge in [0.1, 0.15) is 16.2 Å². The minimum absolute atomic E-state index is 0.120. The molecule has 1 aliphatic rings. The summed E-state index contributed by atoms with van der Waals surface area (Å²) in [6.07, 6.45) is 4.69. The quantitative estimate of drug-likeness (QED) is 0.0639. The van der Waals surface area contributed by atoms with Gasteiger partial charge in [0.25, 0.3) is 5.78 Å². The molecule has 45 heavy (non-hydrogen) atoms. The molecule has 1 unspecified atom stereocenters. The Labute approximate surface area is 265 Å². The van der Waals surface area contributed by atoms with Crippen molar-refractivity contribution in [1.29, 1.82) is 0 Å². The van der Waals surface area contributed by atoms with E-state index >= 15 is 0 Å². The molecule has 5 rings (SSSR count). The maximum atomic E-state index is 13.9. The summed E-state index contributed by atoms with van der Waals surface area (Å²) in [6.45, 7) is 10.1. The number of benzene rings is 1. The Kier molecular flexibility index (Phi) is 9.52. The number of aliphatic hydroxyl groups excluding tert-OH is 1. The van der Waals surface area contributed by atoms with Gasteiger partial charge in [-0.3, -0.25) is 18.9 Å². The van der Waals surface area contributed by atoms with Crippen LogP contribution in [0.5, 0.6) is 11.5 Å². The molecule has 0 radical (unpaired) electrons. The standard InChI is InChI=1S/C33H36N4O7S/c1-6-9-12-17-44-22-15-14-21(18-23(22)42-7-2)27-25(28(38)26-19(4)34-24-13-10-11-16-36(24)26)29(39)31(40)37(27)33-35-20(5)30(45-33)32(41)43-8-3/h10-11,13-16,18,27,38H,6-9,12,17H2,1-5H3/b28-25+. The third kappa shape index (κ3) is 6.02. The van der Waals surface area contributed by atoms with Crippen LogP contribution in [0.4, 0.5) is 5.13 Å². The molecule has 0 aliphatic carbocycles. The first-order valence-corrected chi connectivity index (χ1v) is 15.8. The van der Waals surface area contributed by atoms with E-state index in [0.717, 1.165) is 30.6 Å². The van der Waals surface area contributed by atoms with E-state index in [-0.39, 0.29) is 33.6 Å². The zero-order valence-corrected chi connectivity index (χ0v) is 26.8. The molecule has 1 atom stereocenters. The first kappa shape index (κ1) is 31.7. The lowest BCUT2D eigenvalue weighted by molar-refractivity contribution is -0.132. The second-order valence-electron chi connectivity index (χ2n) is 10.5. The first-order valence-electron chi connectivity index (χ1n) is 15.0. The number of aryl methyl sites for hydroxylation is 2. The number of ketones is 1. The molecule has 3 aromatic heterocycles. The number of Topliss-reactive ketones (excluding diaryl/α,β-unsaturated/α-hetero) is 1. The lowest BCUT2D eigenvalue weighted by atomic mass is 9.96. The number of imidazole rings is 1. The molecule has 0 saturated carbocycles. The summed E-state index contributed by atoms with van der Waals surface area (Å²) in [7, 11) is 0. The number of aromatic nitrogens is 3. The zero-order valence-electron chi connectivity index (χ0n) is 26.0. The van der Waals surface area contributed by atoms with Crippen LogP contribution in [0.3, 0.4) is 0 Å². The molecule has 1 aliphatic heterocycles. The molecule has 1 amide bonds. The van der Waals surface area contributed by atoms with Gasteiger partial charge in [0, 0.05) is 6.20 Å². The molecule has 236 valence electrons. The van der Waals surface area contributed by atoms with Gasteiger partial charge < -0.3 is 19.3 Å². The molecule has 0 spiro atoms. The van der Waals surface area contributed by atoms with E-state index in [4.69, 9.17) is 14.2 Å². The van der Waals surface area contributed by atoms with Gasteiger partial charge in [-0.2, -0.15) is 0 Å². The smallest absolute Gasteiger partial charge is 0.350 e. The topological polar surface area (TPSA) is 133 Å². The molecule has 1 saturated heterocycles. The van der Waals surface area contributed by atoms with Crippen LogP contribution in [0, 0.1) is 13.8 Å². The number of pyridine rings is 1. The molecule has 0 bridgehead atoms. The van der Waals surface area contributed by atoms with Crippen molar-refractivity contribution in [3.8, 4) is 11.5 Å². The fourth-order valence-corrected chi connectivity index (χ4v) is 6.35. The van der Waals surface area contributed by atoms with Gasteiger partial charge in [0.2, 0.25) is 0 Å². The van der Waals surface area contributed by atoms with Gasteiger partial charge in [-0.1, -0.05) is 43.2 Å². The summed E-state index contributed by atoms with van der Waals surface area (Å²) in [4.78, 5) is 50.8. The number of fused-ring (bicyclic) bond motifs is 1. The van der Waals surface area contributed by atoms with E-state index in [2.05, 4.69) is 16.9 Å². The van der Waals surface area contributed by atoms with Crippen LogP contribution in [-0.2, 0) is 14.3 Å². The molecule has 1 fully saturated rings. The molecule has 1 N–H and O–H groups in total. The maximum Gasteiger partial charge on any atom is 0.350 e. The van der Waals surface area contributed by atoms with Crippen molar-refractivity contribution in [3.05, 3.63) is 75.7 Å². The Morgan fingerprint density at radius 1 is 0.978 bits per heavy atom. The van der Waals surface area contributed by atoms with Crippen LogP contribution in [-0.4, -0.2) is 57.0 Å². The largest absolute Gasteiger partial charge is 0.505 e. The zero-order chi connectivity index (χ0) is 32.2. The minimum Gasteiger partial charge on any atom is -0.505 e. The maximum absolute atomic E-state index is 13.9. The van der Waals surface area contributed by atoms with Gasteiger partial charge in [0.15, 0.2) is 22.4 Å². The third-order valence-electron chi connectivity index (χ3n) is 7.41. The highest BCUT2D eigenvalue weighted by molar-refractivity contribution is 7.17. The number of thiazole rings is 1. The fraction of sp³-hybridized carbons (Fsp3) is 0.364. The van der Waals surface area contributed by atoms with E-state index < -0.39 is 23.7 Å². The lowest BCUT2D eigenvalue weighted by Crippen LogP contribution is -2.29. The van der Waals surface area contributed by atoms with Crippen molar-refractivity contribution in [1.82, 2.24) is 14.4 Å². The Balaban J connectivity index is 1.70. The van der Waals surface area contributed by atoms with E-state index in [9.17, 15) is 19.5 Å². The van der Waals surface area contributed by atoms with Crippen molar-refractivity contribution in [2.24, 2.45) is 0 Å². The number of hydrogen-bond acceptors (Lipinski definition) is 10.